The van der Waals surface area contributed by atoms with Gasteiger partial charge in [-0.1, -0.05) is 30.3 Å². The van der Waals surface area contributed by atoms with Crippen LogP contribution in [-0.4, -0.2) is 74.3 Å². The number of aryl methyl sites for hydroxylation is 1. The Morgan fingerprint density at radius 2 is 1.77 bits per heavy atom. The second-order valence-electron chi connectivity index (χ2n) is 12.4. The van der Waals surface area contributed by atoms with Gasteiger partial charge in [-0.05, 0) is 68.0 Å². The number of carbonyl (C=O) groups is 6. The van der Waals surface area contributed by atoms with Gasteiger partial charge in [0, 0.05) is 48.3 Å². The Balaban J connectivity index is 1.05. The monoisotopic (exact) mass is 714 g/mol. The van der Waals surface area contributed by atoms with Crippen LogP contribution in [0.15, 0.2) is 60.7 Å². The lowest BCUT2D eigenvalue weighted by Gasteiger charge is -2.29. The van der Waals surface area contributed by atoms with Crippen molar-refractivity contribution >= 4 is 41.7 Å². The Bertz CT molecular complexity index is 1810. The molecule has 2 heterocycles. The molecular weight excluding hydrogens is 672 g/mol. The van der Waals surface area contributed by atoms with E-state index in [0.717, 1.165) is 5.56 Å². The number of benzene rings is 3. The van der Waals surface area contributed by atoms with Crippen molar-refractivity contribution in [2.45, 2.75) is 63.6 Å². The molecule has 2 aliphatic rings. The molecule has 0 bridgehead atoms. The molecule has 0 radical (unpaired) electrons. The molecule has 1 saturated heterocycles. The van der Waals surface area contributed by atoms with Crippen LogP contribution in [0.2, 0.25) is 0 Å². The summed E-state index contributed by atoms with van der Waals surface area (Å²) in [6.45, 7) is 0.623. The van der Waals surface area contributed by atoms with Crippen molar-refractivity contribution in [2.24, 2.45) is 0 Å². The van der Waals surface area contributed by atoms with Gasteiger partial charge in [-0.25, -0.2) is 0 Å². The molecule has 0 aliphatic carbocycles. The van der Waals surface area contributed by atoms with Crippen LogP contribution in [0, 0.1) is 0 Å². The first kappa shape index (κ1) is 37.3. The average Bonchev–Trinajstić information content (AvgIpc) is 3.48. The summed E-state index contributed by atoms with van der Waals surface area (Å²) in [6, 6.07) is 17.0. The minimum absolute atomic E-state index is 0.152. The van der Waals surface area contributed by atoms with E-state index in [-0.39, 0.29) is 56.0 Å². The lowest BCUT2D eigenvalue weighted by molar-refractivity contribution is -0.137. The predicted octanol–water partition coefficient (Wildman–Crippen LogP) is 3.62. The smallest absolute Gasteiger partial charge is 0.293 e. The number of nitrogens with one attached hydrogen (secondary N) is 3. The summed E-state index contributed by atoms with van der Waals surface area (Å²) in [5.41, 5.74) is 3.13. The highest BCUT2D eigenvalue weighted by atomic mass is 16.5. The molecule has 2 atom stereocenters. The number of nitrogens with zero attached hydrogens (tertiary/aromatic N) is 1. The Labute approximate surface area is 301 Å². The molecule has 1 fully saturated rings. The Morgan fingerprint density at radius 1 is 0.962 bits per heavy atom. The van der Waals surface area contributed by atoms with Gasteiger partial charge in [0.25, 0.3) is 18.3 Å². The van der Waals surface area contributed by atoms with Crippen LogP contribution in [0.5, 0.6) is 17.2 Å². The number of imide groups is 1. The Morgan fingerprint density at radius 3 is 2.54 bits per heavy atom. The van der Waals surface area contributed by atoms with Gasteiger partial charge in [0.2, 0.25) is 17.7 Å². The SMILES string of the molecule is COc1ccc(CCC(OC=O)c2ccccc2OCC(=O)NCCCCC(=O)Nc2cccc3c2CN(C2CCC(=O)NC2=O)C3=O)cc1OC. The molecule has 52 heavy (non-hydrogen) atoms. The number of hydrogen-bond acceptors (Lipinski definition) is 10. The number of methoxy groups -OCH3 is 2. The maximum absolute atomic E-state index is 13.1. The van der Waals surface area contributed by atoms with Gasteiger partial charge in [0.05, 0.1) is 14.2 Å². The van der Waals surface area contributed by atoms with Crippen LogP contribution in [0.25, 0.3) is 0 Å². The second kappa shape index (κ2) is 17.8. The van der Waals surface area contributed by atoms with Crippen molar-refractivity contribution < 1.29 is 47.7 Å². The lowest BCUT2D eigenvalue weighted by Crippen LogP contribution is -2.52. The number of fused-ring (bicyclic) bond motifs is 1. The molecule has 0 aromatic heterocycles. The minimum Gasteiger partial charge on any atom is -0.493 e. The number of amides is 5. The maximum atomic E-state index is 13.1. The number of anilines is 1. The van der Waals surface area contributed by atoms with Crippen molar-refractivity contribution in [3.05, 3.63) is 82.9 Å². The molecule has 3 aromatic carbocycles. The first-order chi connectivity index (χ1) is 25.2. The fourth-order valence-electron chi connectivity index (χ4n) is 6.32. The van der Waals surface area contributed by atoms with Crippen molar-refractivity contribution in [3.8, 4) is 17.2 Å². The van der Waals surface area contributed by atoms with Gasteiger partial charge in [0.1, 0.15) is 17.9 Å². The lowest BCUT2D eigenvalue weighted by atomic mass is 10.00. The molecule has 14 nitrogen and oxygen atoms in total. The number of carbonyl (C=O) groups excluding carboxylic acids is 6. The van der Waals surface area contributed by atoms with E-state index in [2.05, 4.69) is 16.0 Å². The fourth-order valence-corrected chi connectivity index (χ4v) is 6.32. The largest absolute Gasteiger partial charge is 0.493 e. The standard InChI is InChI=1S/C38H42N4O10/c1-49-32-17-14-24(20-33(32)50-2)13-16-31(52-23-43)26-8-3-4-11-30(26)51-22-36(46)39-19-6-5-12-34(44)40-28-10-7-9-25-27(28)21-42(38(25)48)29-15-18-35(45)41-37(29)47/h3-4,7-11,14,17,20,23,29,31H,5-6,12-13,15-16,18-19,21-22H2,1-2H3,(H,39,46)(H,40,44)(H,41,45,47). The van der Waals surface area contributed by atoms with E-state index >= 15 is 0 Å². The van der Waals surface area contributed by atoms with Crippen LogP contribution in [-0.2, 0) is 41.7 Å². The predicted molar refractivity (Wildman–Crippen MR) is 188 cm³/mol. The summed E-state index contributed by atoms with van der Waals surface area (Å²) in [5, 5.41) is 7.95. The zero-order valence-corrected chi connectivity index (χ0v) is 29.1. The summed E-state index contributed by atoms with van der Waals surface area (Å²) >= 11 is 0. The first-order valence-electron chi connectivity index (χ1n) is 17.1. The van der Waals surface area contributed by atoms with Crippen LogP contribution in [0.4, 0.5) is 5.69 Å². The van der Waals surface area contributed by atoms with E-state index in [1.165, 1.54) is 4.90 Å². The quantitative estimate of drug-likeness (QED) is 0.100. The van der Waals surface area contributed by atoms with E-state index in [1.807, 2.05) is 18.2 Å². The van der Waals surface area contributed by atoms with Crippen molar-refractivity contribution in [2.75, 3.05) is 32.7 Å². The third-order valence-electron chi connectivity index (χ3n) is 9.00. The van der Waals surface area contributed by atoms with Crippen LogP contribution in [0.1, 0.15) is 71.7 Å². The van der Waals surface area contributed by atoms with Crippen molar-refractivity contribution in [1.29, 1.82) is 0 Å². The molecule has 14 heteroatoms. The highest BCUT2D eigenvalue weighted by Crippen LogP contribution is 2.34. The van der Waals surface area contributed by atoms with Crippen molar-refractivity contribution in [1.82, 2.24) is 15.5 Å². The molecule has 0 saturated carbocycles. The molecule has 5 amide bonds. The molecule has 0 spiro atoms. The third-order valence-corrected chi connectivity index (χ3v) is 9.00. The summed E-state index contributed by atoms with van der Waals surface area (Å²) in [4.78, 5) is 75.2. The highest BCUT2D eigenvalue weighted by Gasteiger charge is 2.40. The molecule has 5 rings (SSSR count). The molecule has 274 valence electrons. The summed E-state index contributed by atoms with van der Waals surface area (Å²) in [7, 11) is 3.13. The number of unbranched alkanes of at least 4 members (excludes halogenated alkanes) is 1. The van der Waals surface area contributed by atoms with E-state index in [4.69, 9.17) is 18.9 Å². The van der Waals surface area contributed by atoms with E-state index in [0.29, 0.717) is 78.3 Å². The van der Waals surface area contributed by atoms with Crippen LogP contribution in [0.3, 0.4) is 0 Å². The molecule has 3 N–H and O–H groups in total. The van der Waals surface area contributed by atoms with E-state index < -0.39 is 18.1 Å². The number of rotatable bonds is 18. The summed E-state index contributed by atoms with van der Waals surface area (Å²) in [6.07, 6.45) is 2.05. The first-order valence-corrected chi connectivity index (χ1v) is 17.1. The minimum atomic E-state index is -0.744. The van der Waals surface area contributed by atoms with Gasteiger partial charge >= 0.3 is 0 Å². The van der Waals surface area contributed by atoms with Crippen molar-refractivity contribution in [3.63, 3.8) is 0 Å². The second-order valence-corrected chi connectivity index (χ2v) is 12.4. The summed E-state index contributed by atoms with van der Waals surface area (Å²) in [5.74, 6) is -0.130. The van der Waals surface area contributed by atoms with Crippen LogP contribution < -0.4 is 30.2 Å². The topological polar surface area (TPSA) is 179 Å². The van der Waals surface area contributed by atoms with Gasteiger partial charge < -0.3 is 34.5 Å². The maximum Gasteiger partial charge on any atom is 0.293 e. The highest BCUT2D eigenvalue weighted by molar-refractivity contribution is 6.06. The Kier molecular flexibility index (Phi) is 12.8. The molecule has 2 unspecified atom stereocenters. The third kappa shape index (κ3) is 9.24. The van der Waals surface area contributed by atoms with Crippen LogP contribution >= 0.6 is 0 Å². The molecule has 3 aromatic rings. The number of ether oxygens (including phenoxy) is 4. The Hall–Kier alpha value is -5.92. The average molecular weight is 715 g/mol. The van der Waals surface area contributed by atoms with Gasteiger partial charge in [0.15, 0.2) is 18.1 Å². The molecule has 2 aliphatic heterocycles. The summed E-state index contributed by atoms with van der Waals surface area (Å²) < 4.78 is 21.9. The number of piperidine rings is 1. The number of hydrogen-bond donors (Lipinski definition) is 3. The van der Waals surface area contributed by atoms with E-state index in [9.17, 15) is 28.8 Å². The molecular formula is C38H42N4O10. The zero-order valence-electron chi connectivity index (χ0n) is 29.1. The number of para-hydroxylation sites is 1. The normalized spacial score (nSPS) is 15.6. The fraction of sp³-hybridized carbons (Fsp3) is 0.368. The van der Waals surface area contributed by atoms with Gasteiger partial charge in [-0.15, -0.1) is 0 Å². The van der Waals surface area contributed by atoms with Gasteiger partial charge in [-0.3, -0.25) is 34.1 Å². The van der Waals surface area contributed by atoms with Gasteiger partial charge in [-0.2, -0.15) is 0 Å². The van der Waals surface area contributed by atoms with E-state index in [1.54, 1.807) is 56.7 Å². The zero-order chi connectivity index (χ0) is 37.0.